The fourth-order valence-corrected chi connectivity index (χ4v) is 12.5. The number of nitrogens with one attached hydrogen (secondary N) is 3. The summed E-state index contributed by atoms with van der Waals surface area (Å²) in [4.78, 5) is 61.5. The first kappa shape index (κ1) is 46.8. The van der Waals surface area contributed by atoms with Gasteiger partial charge in [0.15, 0.2) is 0 Å². The van der Waals surface area contributed by atoms with E-state index >= 15 is 0 Å². The largest absolute Gasteiger partial charge is 0.462 e. The Balaban J connectivity index is 1.53. The third kappa shape index (κ3) is 11.1. The Hall–Kier alpha value is -2.28. The maximum absolute atomic E-state index is 14.9. The van der Waals surface area contributed by atoms with Crippen LogP contribution in [0, 0.1) is 23.7 Å². The summed E-state index contributed by atoms with van der Waals surface area (Å²) in [5, 5.41) is 10.9. The quantitative estimate of drug-likeness (QED) is 0.179. The molecule has 0 amide bonds. The second-order valence-corrected chi connectivity index (χ2v) is 24.2. The van der Waals surface area contributed by atoms with E-state index in [1.54, 1.807) is 0 Å². The summed E-state index contributed by atoms with van der Waals surface area (Å²) in [6.45, 7) is 33.5. The molecule has 4 atom stereocenters. The maximum Gasteiger partial charge on any atom is 0.310 e. The molecule has 5 rings (SSSR count). The third-order valence-corrected chi connectivity index (χ3v) is 13.8. The van der Waals surface area contributed by atoms with Crippen molar-refractivity contribution >= 4 is 23.9 Å². The van der Waals surface area contributed by atoms with Crippen molar-refractivity contribution in [2.75, 3.05) is 7.05 Å². The number of carbonyl (C=O) groups excluding carboxylic acids is 4. The summed E-state index contributed by atoms with van der Waals surface area (Å²) in [6, 6.07) is 0. The fourth-order valence-electron chi connectivity index (χ4n) is 12.5. The number of rotatable bonds is 8. The van der Waals surface area contributed by atoms with Gasteiger partial charge in [0.1, 0.15) is 24.4 Å². The van der Waals surface area contributed by atoms with E-state index in [1.165, 1.54) is 0 Å². The van der Waals surface area contributed by atoms with Crippen LogP contribution in [0.4, 0.5) is 0 Å². The van der Waals surface area contributed by atoms with Gasteiger partial charge in [0, 0.05) is 95.7 Å². The molecule has 0 bridgehead atoms. The highest BCUT2D eigenvalue weighted by atomic mass is 16.6. The number of esters is 4. The van der Waals surface area contributed by atoms with Gasteiger partial charge in [-0.2, -0.15) is 0 Å². The number of nitrogens with zero attached hydrogens (tertiary/aromatic N) is 1. The molecule has 3 N–H and O–H groups in total. The van der Waals surface area contributed by atoms with Crippen LogP contribution in [0.25, 0.3) is 0 Å². The lowest BCUT2D eigenvalue weighted by Gasteiger charge is -2.53. The van der Waals surface area contributed by atoms with E-state index in [9.17, 15) is 19.2 Å². The Kier molecular flexibility index (Phi) is 12.6. The first-order valence-electron chi connectivity index (χ1n) is 22.0. The van der Waals surface area contributed by atoms with Crippen LogP contribution in [0.5, 0.6) is 0 Å². The second kappa shape index (κ2) is 15.6. The molecule has 0 aromatic heterocycles. The lowest BCUT2D eigenvalue weighted by Crippen LogP contribution is -2.60. The topological polar surface area (TPSA) is 145 Å². The van der Waals surface area contributed by atoms with E-state index in [4.69, 9.17) is 18.9 Å². The zero-order chi connectivity index (χ0) is 43.8. The Morgan fingerprint density at radius 1 is 0.397 bits per heavy atom. The van der Waals surface area contributed by atoms with E-state index in [2.05, 4.69) is 139 Å². The molecule has 0 aromatic rings. The Bertz CT molecular complexity index is 1510. The molecule has 1 aliphatic carbocycles. The number of likely N-dealkylation sites (tertiary alicyclic amines) is 1. The average molecular weight is 817 g/mol. The molecule has 4 aliphatic heterocycles. The standard InChI is InChI=1S/C46H80N4O8/c1-39(2)19-27(20-40(3,4)47-39)55-35(51)31-18-32(36(52)56-28-21-41(5,6)48-42(7,8)22-28)34(38(54)58-30-25-45(13,14)50(17)46(15,16)26-30)33(31)37(53)57-29-23-43(9,10)49-44(11,12)24-29/h27-34,47-49H,18-26H2,1-17H3. The van der Waals surface area contributed by atoms with Crippen molar-refractivity contribution in [1.29, 1.82) is 0 Å². The smallest absolute Gasteiger partial charge is 0.310 e. The molecule has 4 heterocycles. The molecule has 12 heteroatoms. The molecule has 58 heavy (non-hydrogen) atoms. The van der Waals surface area contributed by atoms with Crippen molar-refractivity contribution in [3.63, 3.8) is 0 Å². The normalized spacial score (nSPS) is 33.1. The van der Waals surface area contributed by atoms with Crippen molar-refractivity contribution < 1.29 is 38.1 Å². The van der Waals surface area contributed by atoms with Gasteiger partial charge in [-0.25, -0.2) is 0 Å². The van der Waals surface area contributed by atoms with E-state index in [1.807, 2.05) is 0 Å². The van der Waals surface area contributed by atoms with Gasteiger partial charge < -0.3 is 34.9 Å². The Morgan fingerprint density at radius 3 is 0.879 bits per heavy atom. The van der Waals surface area contributed by atoms with Gasteiger partial charge in [-0.1, -0.05) is 0 Å². The molecule has 5 fully saturated rings. The molecule has 4 saturated heterocycles. The van der Waals surface area contributed by atoms with E-state index < -0.39 is 72.0 Å². The van der Waals surface area contributed by atoms with Crippen molar-refractivity contribution in [3.8, 4) is 0 Å². The molecule has 5 aliphatic rings. The van der Waals surface area contributed by atoms with E-state index in [-0.39, 0.29) is 50.7 Å². The van der Waals surface area contributed by atoms with Crippen molar-refractivity contribution in [1.82, 2.24) is 20.9 Å². The van der Waals surface area contributed by atoms with Gasteiger partial charge in [0.2, 0.25) is 0 Å². The molecule has 12 nitrogen and oxygen atoms in total. The van der Waals surface area contributed by atoms with Crippen molar-refractivity contribution in [2.24, 2.45) is 23.7 Å². The monoisotopic (exact) mass is 817 g/mol. The molecule has 0 aromatic carbocycles. The summed E-state index contributed by atoms with van der Waals surface area (Å²) in [5.41, 5.74) is -2.45. The number of hydrogen-bond donors (Lipinski definition) is 3. The highest BCUT2D eigenvalue weighted by molar-refractivity contribution is 5.93. The fraction of sp³-hybridized carbons (Fsp3) is 0.913. The van der Waals surface area contributed by atoms with Gasteiger partial charge >= 0.3 is 23.9 Å². The average Bonchev–Trinajstić information content (AvgIpc) is 3.36. The minimum atomic E-state index is -1.30. The second-order valence-electron chi connectivity index (χ2n) is 24.2. The number of hydrogen-bond acceptors (Lipinski definition) is 12. The zero-order valence-electron chi connectivity index (χ0n) is 39.2. The predicted molar refractivity (Wildman–Crippen MR) is 225 cm³/mol. The highest BCUT2D eigenvalue weighted by Crippen LogP contribution is 2.48. The van der Waals surface area contributed by atoms with Crippen LogP contribution in [-0.4, -0.2) is 105 Å². The summed E-state index contributed by atoms with van der Waals surface area (Å²) in [5.74, 6) is -7.34. The lowest BCUT2D eigenvalue weighted by atomic mass is 9.78. The van der Waals surface area contributed by atoms with Gasteiger partial charge in [-0.3, -0.25) is 24.1 Å². The van der Waals surface area contributed by atoms with Crippen molar-refractivity contribution in [3.05, 3.63) is 0 Å². The molecular weight excluding hydrogens is 737 g/mol. The SMILES string of the molecule is CN1C(C)(C)CC(OC(=O)C2C(C(=O)OC3CC(C)(C)NC(C)(C)C3)CC(C(=O)OC3CC(C)(C)NC(C)(C)C3)C2C(=O)OC2CC(C)(C)NC(C)(C)C2)CC1(C)C. The first-order chi connectivity index (χ1) is 26.1. The van der Waals surface area contributed by atoms with Crippen LogP contribution in [0.15, 0.2) is 0 Å². The summed E-state index contributed by atoms with van der Waals surface area (Å²) in [7, 11) is 2.08. The molecule has 0 spiro atoms. The van der Waals surface area contributed by atoms with Crippen LogP contribution >= 0.6 is 0 Å². The van der Waals surface area contributed by atoms with E-state index in [0.717, 1.165) is 0 Å². The summed E-state index contributed by atoms with van der Waals surface area (Å²) in [6.07, 6.45) is 2.64. The third-order valence-electron chi connectivity index (χ3n) is 13.8. The molecule has 4 unspecified atom stereocenters. The van der Waals surface area contributed by atoms with Crippen LogP contribution in [0.3, 0.4) is 0 Å². The van der Waals surface area contributed by atoms with Crippen LogP contribution in [-0.2, 0) is 38.1 Å². The molecular formula is C46H80N4O8. The minimum absolute atomic E-state index is 0.0830. The van der Waals surface area contributed by atoms with Gasteiger partial charge in [0.25, 0.3) is 0 Å². The number of ether oxygens (including phenoxy) is 4. The molecule has 332 valence electrons. The minimum Gasteiger partial charge on any atom is -0.462 e. The maximum atomic E-state index is 14.9. The number of piperidine rings is 4. The Labute approximate surface area is 350 Å². The van der Waals surface area contributed by atoms with Gasteiger partial charge in [0.05, 0.1) is 23.7 Å². The predicted octanol–water partition coefficient (Wildman–Crippen LogP) is 6.61. The molecule has 0 radical (unpaired) electrons. The van der Waals surface area contributed by atoms with Crippen LogP contribution in [0.2, 0.25) is 0 Å². The van der Waals surface area contributed by atoms with Crippen LogP contribution in [0.1, 0.15) is 169 Å². The summed E-state index contributed by atoms with van der Waals surface area (Å²) < 4.78 is 25.5. The Morgan fingerprint density at radius 2 is 0.621 bits per heavy atom. The lowest BCUT2D eigenvalue weighted by molar-refractivity contribution is -0.180. The van der Waals surface area contributed by atoms with Gasteiger partial charge in [-0.15, -0.1) is 0 Å². The van der Waals surface area contributed by atoms with Crippen molar-refractivity contribution in [2.45, 2.75) is 237 Å². The number of carbonyl (C=O) groups is 4. The van der Waals surface area contributed by atoms with Crippen LogP contribution < -0.4 is 16.0 Å². The zero-order valence-corrected chi connectivity index (χ0v) is 39.2. The van der Waals surface area contributed by atoms with E-state index in [0.29, 0.717) is 51.4 Å². The highest BCUT2D eigenvalue weighted by Gasteiger charge is 2.60. The first-order valence-corrected chi connectivity index (χ1v) is 22.0. The van der Waals surface area contributed by atoms with Gasteiger partial charge in [-0.05, 0) is 124 Å². The summed E-state index contributed by atoms with van der Waals surface area (Å²) >= 11 is 0. The molecule has 1 saturated carbocycles.